The number of hydrogen-bond donors (Lipinski definition) is 3. The van der Waals surface area contributed by atoms with Crippen LogP contribution in [0, 0.1) is 5.92 Å². The number of rotatable bonds is 3. The minimum absolute atomic E-state index is 0.709. The molecule has 0 bridgehead atoms. The van der Waals surface area contributed by atoms with Crippen LogP contribution in [0.1, 0.15) is 6.42 Å². The zero-order chi connectivity index (χ0) is 10.8. The molecule has 2 aromatic heterocycles. The van der Waals surface area contributed by atoms with Crippen molar-refractivity contribution in [2.24, 2.45) is 5.92 Å². The molecule has 1 aliphatic rings. The predicted molar refractivity (Wildman–Crippen MR) is 63.4 cm³/mol. The van der Waals surface area contributed by atoms with Gasteiger partial charge in [-0.05, 0) is 37.6 Å². The lowest BCUT2D eigenvalue weighted by Gasteiger charge is -2.07. The molecule has 1 saturated heterocycles. The Balaban J connectivity index is 1.69. The second-order valence-electron chi connectivity index (χ2n) is 4.20. The maximum Gasteiger partial charge on any atom is 0.202 e. The molecule has 16 heavy (non-hydrogen) atoms. The number of anilines is 1. The molecule has 3 N–H and O–H groups in total. The highest BCUT2D eigenvalue weighted by Crippen LogP contribution is 2.12. The van der Waals surface area contributed by atoms with Gasteiger partial charge in [0.2, 0.25) is 5.95 Å². The largest absolute Gasteiger partial charge is 0.355 e. The summed E-state index contributed by atoms with van der Waals surface area (Å²) in [7, 11) is 0. The smallest absolute Gasteiger partial charge is 0.202 e. The first-order chi connectivity index (χ1) is 7.92. The molecule has 3 heterocycles. The molecule has 1 aliphatic heterocycles. The molecule has 0 aromatic carbocycles. The first kappa shape index (κ1) is 9.59. The minimum Gasteiger partial charge on any atom is -0.355 e. The lowest BCUT2D eigenvalue weighted by atomic mass is 10.1. The fourth-order valence-electron chi connectivity index (χ4n) is 2.06. The quantitative estimate of drug-likeness (QED) is 0.717. The standard InChI is InChI=1S/C11H15N5/c1-2-9-10(13-4-1)16-11(15-9)14-7-8-3-5-12-6-8/h1-2,4,8,12H,3,5-7H2,(H2,13,14,15,16)/t8-/m0/s1. The molecule has 0 amide bonds. The van der Waals surface area contributed by atoms with Gasteiger partial charge in [0.1, 0.15) is 0 Å². The van der Waals surface area contributed by atoms with Gasteiger partial charge < -0.3 is 15.6 Å². The van der Waals surface area contributed by atoms with Crippen molar-refractivity contribution in [2.75, 3.05) is 25.0 Å². The van der Waals surface area contributed by atoms with Gasteiger partial charge in [0.15, 0.2) is 5.65 Å². The lowest BCUT2D eigenvalue weighted by Crippen LogP contribution is -2.17. The van der Waals surface area contributed by atoms with Crippen LogP contribution in [0.5, 0.6) is 0 Å². The number of aromatic amines is 1. The van der Waals surface area contributed by atoms with Crippen LogP contribution in [0.15, 0.2) is 18.3 Å². The first-order valence-corrected chi connectivity index (χ1v) is 5.67. The van der Waals surface area contributed by atoms with E-state index in [-0.39, 0.29) is 0 Å². The molecular weight excluding hydrogens is 202 g/mol. The van der Waals surface area contributed by atoms with Gasteiger partial charge in [0.05, 0.1) is 5.52 Å². The van der Waals surface area contributed by atoms with Crippen molar-refractivity contribution in [2.45, 2.75) is 6.42 Å². The van der Waals surface area contributed by atoms with Crippen molar-refractivity contribution in [3.8, 4) is 0 Å². The molecule has 84 valence electrons. The summed E-state index contributed by atoms with van der Waals surface area (Å²) in [6.45, 7) is 3.20. The third kappa shape index (κ3) is 1.86. The van der Waals surface area contributed by atoms with E-state index in [2.05, 4.69) is 25.6 Å². The number of nitrogens with zero attached hydrogens (tertiary/aromatic N) is 2. The highest BCUT2D eigenvalue weighted by Gasteiger charge is 2.14. The number of H-pyrrole nitrogens is 1. The van der Waals surface area contributed by atoms with E-state index >= 15 is 0 Å². The van der Waals surface area contributed by atoms with E-state index in [4.69, 9.17) is 0 Å². The molecule has 0 saturated carbocycles. The highest BCUT2D eigenvalue weighted by molar-refractivity contribution is 5.72. The molecule has 3 rings (SSSR count). The molecule has 0 aliphatic carbocycles. The fraction of sp³-hybridized carbons (Fsp3) is 0.455. The van der Waals surface area contributed by atoms with Crippen LogP contribution in [-0.2, 0) is 0 Å². The molecule has 1 fully saturated rings. The van der Waals surface area contributed by atoms with Crippen molar-refractivity contribution in [1.29, 1.82) is 0 Å². The number of hydrogen-bond acceptors (Lipinski definition) is 4. The lowest BCUT2D eigenvalue weighted by molar-refractivity contribution is 0.613. The Labute approximate surface area is 93.7 Å². The van der Waals surface area contributed by atoms with E-state index in [1.54, 1.807) is 6.20 Å². The Kier molecular flexibility index (Phi) is 2.46. The van der Waals surface area contributed by atoms with Gasteiger partial charge in [-0.2, -0.15) is 4.98 Å². The summed E-state index contributed by atoms with van der Waals surface area (Å²) in [6.07, 6.45) is 3.00. The second kappa shape index (κ2) is 4.09. The van der Waals surface area contributed by atoms with Crippen molar-refractivity contribution in [3.05, 3.63) is 18.3 Å². The monoisotopic (exact) mass is 217 g/mol. The number of imidazole rings is 1. The van der Waals surface area contributed by atoms with E-state index in [1.165, 1.54) is 6.42 Å². The van der Waals surface area contributed by atoms with E-state index in [0.717, 1.165) is 36.7 Å². The molecule has 0 spiro atoms. The van der Waals surface area contributed by atoms with E-state index < -0.39 is 0 Å². The van der Waals surface area contributed by atoms with Gasteiger partial charge >= 0.3 is 0 Å². The highest BCUT2D eigenvalue weighted by atomic mass is 15.1. The van der Waals surface area contributed by atoms with Crippen LogP contribution >= 0.6 is 0 Å². The zero-order valence-corrected chi connectivity index (χ0v) is 9.03. The van der Waals surface area contributed by atoms with Crippen LogP contribution in [-0.4, -0.2) is 34.6 Å². The molecule has 0 unspecified atom stereocenters. The van der Waals surface area contributed by atoms with E-state index in [0.29, 0.717) is 5.92 Å². The normalized spacial score (nSPS) is 20.4. The summed E-state index contributed by atoms with van der Waals surface area (Å²) in [5.41, 5.74) is 1.75. The van der Waals surface area contributed by atoms with Crippen molar-refractivity contribution < 1.29 is 0 Å². The van der Waals surface area contributed by atoms with Gasteiger partial charge in [-0.3, -0.25) is 0 Å². The van der Waals surface area contributed by atoms with Crippen molar-refractivity contribution >= 4 is 17.1 Å². The number of pyridine rings is 1. The van der Waals surface area contributed by atoms with Gasteiger partial charge in [-0.15, -0.1) is 0 Å². The van der Waals surface area contributed by atoms with Crippen LogP contribution in [0.3, 0.4) is 0 Å². The fourth-order valence-corrected chi connectivity index (χ4v) is 2.06. The summed E-state index contributed by atoms with van der Waals surface area (Å²) < 4.78 is 0. The molecular formula is C11H15N5. The molecule has 0 radical (unpaired) electrons. The topological polar surface area (TPSA) is 65.6 Å². The average molecular weight is 217 g/mol. The number of nitrogens with one attached hydrogen (secondary N) is 3. The Morgan fingerprint density at radius 2 is 2.50 bits per heavy atom. The van der Waals surface area contributed by atoms with Crippen LogP contribution in [0.4, 0.5) is 5.95 Å². The molecule has 2 aromatic rings. The average Bonchev–Trinajstić information content (AvgIpc) is 2.95. The third-order valence-corrected chi connectivity index (χ3v) is 2.98. The van der Waals surface area contributed by atoms with Crippen LogP contribution < -0.4 is 10.6 Å². The minimum atomic E-state index is 0.709. The summed E-state index contributed by atoms with van der Waals surface area (Å²) >= 11 is 0. The molecule has 5 nitrogen and oxygen atoms in total. The SMILES string of the molecule is c1cnc2nc(NC[C@H]3CCNC3)[nH]c2c1. The Morgan fingerprint density at radius 1 is 1.50 bits per heavy atom. The maximum atomic E-state index is 4.38. The van der Waals surface area contributed by atoms with E-state index in [1.807, 2.05) is 12.1 Å². The van der Waals surface area contributed by atoms with Crippen LogP contribution in [0.25, 0.3) is 11.2 Å². The Morgan fingerprint density at radius 3 is 3.31 bits per heavy atom. The Hall–Kier alpha value is -1.62. The number of fused-ring (bicyclic) bond motifs is 1. The van der Waals surface area contributed by atoms with Gasteiger partial charge in [0, 0.05) is 12.7 Å². The predicted octanol–water partition coefficient (Wildman–Crippen LogP) is 0.979. The van der Waals surface area contributed by atoms with Gasteiger partial charge in [-0.1, -0.05) is 0 Å². The second-order valence-corrected chi connectivity index (χ2v) is 4.20. The molecule has 5 heteroatoms. The first-order valence-electron chi connectivity index (χ1n) is 5.67. The Bertz CT molecular complexity index is 439. The summed E-state index contributed by atoms with van der Waals surface area (Å²) in [5, 5.41) is 6.68. The van der Waals surface area contributed by atoms with Crippen molar-refractivity contribution in [3.63, 3.8) is 0 Å². The number of aromatic nitrogens is 3. The molecule has 1 atom stereocenters. The summed E-state index contributed by atoms with van der Waals surface area (Å²) in [5.74, 6) is 1.53. The van der Waals surface area contributed by atoms with Gasteiger partial charge in [0.25, 0.3) is 0 Å². The third-order valence-electron chi connectivity index (χ3n) is 2.98. The maximum absolute atomic E-state index is 4.38. The van der Waals surface area contributed by atoms with Crippen LogP contribution in [0.2, 0.25) is 0 Å². The summed E-state index contributed by atoms with van der Waals surface area (Å²) in [4.78, 5) is 11.8. The zero-order valence-electron chi connectivity index (χ0n) is 9.03. The van der Waals surface area contributed by atoms with E-state index in [9.17, 15) is 0 Å². The summed E-state index contributed by atoms with van der Waals surface area (Å²) in [6, 6.07) is 3.89. The van der Waals surface area contributed by atoms with Gasteiger partial charge in [-0.25, -0.2) is 4.98 Å². The van der Waals surface area contributed by atoms with Crippen molar-refractivity contribution in [1.82, 2.24) is 20.3 Å².